The Kier molecular flexibility index (Phi) is 5.63. The number of hydrogen-bond donors (Lipinski definition) is 1. The summed E-state index contributed by atoms with van der Waals surface area (Å²) < 4.78 is 5.61. The number of aromatic nitrogens is 1. The molecule has 0 fully saturated rings. The molecule has 2 aromatic rings. The van der Waals surface area contributed by atoms with Gasteiger partial charge in [-0.3, -0.25) is 0 Å². The standard InChI is InChI=1S/C14H17ClN2OS/c1-2-16-9-11-8-13(15)14(17-10-11)18-6-5-12-4-3-7-19-12/h3-4,7-8,10,16H,2,5-6,9H2,1H3. The SMILES string of the molecule is CCNCc1cnc(OCCc2cccs2)c(Cl)c1. The normalized spacial score (nSPS) is 10.6. The third-order valence-electron chi connectivity index (χ3n) is 2.61. The largest absolute Gasteiger partial charge is 0.476 e. The average Bonchev–Trinajstić information content (AvgIpc) is 2.92. The summed E-state index contributed by atoms with van der Waals surface area (Å²) in [5.74, 6) is 0.512. The number of halogens is 1. The van der Waals surface area contributed by atoms with Crippen molar-refractivity contribution in [2.45, 2.75) is 19.9 Å². The lowest BCUT2D eigenvalue weighted by molar-refractivity contribution is 0.310. The molecule has 3 nitrogen and oxygen atoms in total. The van der Waals surface area contributed by atoms with Gasteiger partial charge in [0.15, 0.2) is 0 Å². The summed E-state index contributed by atoms with van der Waals surface area (Å²) in [4.78, 5) is 5.56. The Morgan fingerprint density at radius 3 is 3.05 bits per heavy atom. The van der Waals surface area contributed by atoms with Crippen LogP contribution < -0.4 is 10.1 Å². The Morgan fingerprint density at radius 2 is 2.37 bits per heavy atom. The highest BCUT2D eigenvalue weighted by Gasteiger charge is 2.05. The van der Waals surface area contributed by atoms with Gasteiger partial charge in [-0.1, -0.05) is 24.6 Å². The highest BCUT2D eigenvalue weighted by molar-refractivity contribution is 7.09. The van der Waals surface area contributed by atoms with E-state index in [1.165, 1.54) is 4.88 Å². The monoisotopic (exact) mass is 296 g/mol. The van der Waals surface area contributed by atoms with Crippen LogP contribution >= 0.6 is 22.9 Å². The minimum atomic E-state index is 0.512. The minimum Gasteiger partial charge on any atom is -0.476 e. The molecular weight excluding hydrogens is 280 g/mol. The molecule has 102 valence electrons. The molecule has 0 amide bonds. The van der Waals surface area contributed by atoms with Crippen molar-refractivity contribution >= 4 is 22.9 Å². The lowest BCUT2D eigenvalue weighted by Crippen LogP contribution is -2.12. The topological polar surface area (TPSA) is 34.2 Å². The zero-order chi connectivity index (χ0) is 13.5. The van der Waals surface area contributed by atoms with Crippen LogP contribution in [0.1, 0.15) is 17.4 Å². The molecule has 0 unspecified atom stereocenters. The molecule has 1 N–H and O–H groups in total. The number of nitrogens with one attached hydrogen (secondary N) is 1. The number of pyridine rings is 1. The first-order chi connectivity index (χ1) is 9.29. The Labute approximate surface area is 122 Å². The van der Waals surface area contributed by atoms with E-state index in [9.17, 15) is 0 Å². The number of thiophene rings is 1. The van der Waals surface area contributed by atoms with Gasteiger partial charge in [0.25, 0.3) is 0 Å². The van der Waals surface area contributed by atoms with Gasteiger partial charge in [0.2, 0.25) is 5.88 Å². The minimum absolute atomic E-state index is 0.512. The van der Waals surface area contributed by atoms with E-state index < -0.39 is 0 Å². The van der Waals surface area contributed by atoms with Gasteiger partial charge < -0.3 is 10.1 Å². The van der Waals surface area contributed by atoms with Gasteiger partial charge in [0, 0.05) is 24.0 Å². The van der Waals surface area contributed by atoms with Crippen LogP contribution in [0.4, 0.5) is 0 Å². The molecule has 0 aromatic carbocycles. The number of hydrogen-bond acceptors (Lipinski definition) is 4. The zero-order valence-corrected chi connectivity index (χ0v) is 12.4. The van der Waals surface area contributed by atoms with Crippen molar-refractivity contribution < 1.29 is 4.74 Å². The van der Waals surface area contributed by atoms with E-state index in [4.69, 9.17) is 16.3 Å². The highest BCUT2D eigenvalue weighted by Crippen LogP contribution is 2.22. The molecule has 0 saturated carbocycles. The first-order valence-corrected chi connectivity index (χ1v) is 7.55. The van der Waals surface area contributed by atoms with Crippen LogP contribution in [0.5, 0.6) is 5.88 Å². The Balaban J connectivity index is 1.86. The Hall–Kier alpha value is -1.10. The van der Waals surface area contributed by atoms with Crippen LogP contribution in [0.2, 0.25) is 5.02 Å². The van der Waals surface area contributed by atoms with Crippen LogP contribution in [-0.2, 0) is 13.0 Å². The van der Waals surface area contributed by atoms with Gasteiger partial charge in [-0.25, -0.2) is 4.98 Å². The van der Waals surface area contributed by atoms with E-state index in [-0.39, 0.29) is 0 Å². The molecule has 0 bridgehead atoms. The maximum atomic E-state index is 6.16. The molecule has 0 aliphatic carbocycles. The van der Waals surface area contributed by atoms with Crippen LogP contribution in [-0.4, -0.2) is 18.1 Å². The zero-order valence-electron chi connectivity index (χ0n) is 10.9. The summed E-state index contributed by atoms with van der Waals surface area (Å²) >= 11 is 7.89. The van der Waals surface area contributed by atoms with E-state index in [0.29, 0.717) is 17.5 Å². The molecule has 5 heteroatoms. The number of rotatable bonds is 7. The van der Waals surface area contributed by atoms with Crippen LogP contribution in [0, 0.1) is 0 Å². The quantitative estimate of drug-likeness (QED) is 0.849. The summed E-state index contributed by atoms with van der Waals surface area (Å²) in [5, 5.41) is 5.87. The maximum absolute atomic E-state index is 6.16. The second-order valence-electron chi connectivity index (χ2n) is 4.09. The first-order valence-electron chi connectivity index (χ1n) is 6.30. The van der Waals surface area contributed by atoms with E-state index in [1.807, 2.05) is 12.1 Å². The molecule has 0 atom stereocenters. The van der Waals surface area contributed by atoms with Crippen molar-refractivity contribution in [1.82, 2.24) is 10.3 Å². The van der Waals surface area contributed by atoms with E-state index in [0.717, 1.165) is 25.1 Å². The molecular formula is C14H17ClN2OS. The van der Waals surface area contributed by atoms with Gasteiger partial charge in [0.05, 0.1) is 6.61 Å². The lowest BCUT2D eigenvalue weighted by Gasteiger charge is -2.08. The molecule has 2 aromatic heterocycles. The van der Waals surface area contributed by atoms with Gasteiger partial charge in [0.1, 0.15) is 5.02 Å². The lowest BCUT2D eigenvalue weighted by atomic mass is 10.3. The summed E-state index contributed by atoms with van der Waals surface area (Å²) in [7, 11) is 0. The number of ether oxygens (including phenoxy) is 1. The molecule has 2 heterocycles. The average molecular weight is 297 g/mol. The predicted octanol–water partition coefficient (Wildman–Crippen LogP) is 3.53. The van der Waals surface area contributed by atoms with E-state index >= 15 is 0 Å². The summed E-state index contributed by atoms with van der Waals surface area (Å²) in [6.45, 7) is 4.37. The second-order valence-corrected chi connectivity index (χ2v) is 5.53. The van der Waals surface area contributed by atoms with Gasteiger partial charge in [-0.15, -0.1) is 11.3 Å². The molecule has 0 saturated heterocycles. The Morgan fingerprint density at radius 1 is 1.47 bits per heavy atom. The van der Waals surface area contributed by atoms with Gasteiger partial charge >= 0.3 is 0 Å². The fourth-order valence-corrected chi connectivity index (χ4v) is 2.57. The smallest absolute Gasteiger partial charge is 0.232 e. The molecule has 2 rings (SSSR count). The first kappa shape index (κ1) is 14.3. The van der Waals surface area contributed by atoms with Crippen molar-refractivity contribution in [3.8, 4) is 5.88 Å². The Bertz CT molecular complexity index is 502. The van der Waals surface area contributed by atoms with Crippen LogP contribution in [0.25, 0.3) is 0 Å². The summed E-state index contributed by atoms with van der Waals surface area (Å²) in [6.07, 6.45) is 2.68. The number of nitrogens with zero attached hydrogens (tertiary/aromatic N) is 1. The summed E-state index contributed by atoms with van der Waals surface area (Å²) in [5.41, 5.74) is 1.07. The van der Waals surface area contributed by atoms with Gasteiger partial charge in [-0.2, -0.15) is 0 Å². The third-order valence-corrected chi connectivity index (χ3v) is 3.82. The summed E-state index contributed by atoms with van der Waals surface area (Å²) in [6, 6.07) is 6.04. The van der Waals surface area contributed by atoms with E-state index in [1.54, 1.807) is 17.5 Å². The molecule has 0 radical (unpaired) electrons. The molecule has 0 aliphatic heterocycles. The van der Waals surface area contributed by atoms with Crippen molar-refractivity contribution in [1.29, 1.82) is 0 Å². The molecule has 0 aliphatic rings. The van der Waals surface area contributed by atoms with Crippen LogP contribution in [0.15, 0.2) is 29.8 Å². The van der Waals surface area contributed by atoms with Crippen LogP contribution in [0.3, 0.4) is 0 Å². The highest BCUT2D eigenvalue weighted by atomic mass is 35.5. The second kappa shape index (κ2) is 7.48. The maximum Gasteiger partial charge on any atom is 0.232 e. The van der Waals surface area contributed by atoms with Crippen molar-refractivity contribution in [3.05, 3.63) is 45.2 Å². The third kappa shape index (κ3) is 4.49. The van der Waals surface area contributed by atoms with Gasteiger partial charge in [-0.05, 0) is 29.6 Å². The van der Waals surface area contributed by atoms with Crippen molar-refractivity contribution in [2.24, 2.45) is 0 Å². The fraction of sp³-hybridized carbons (Fsp3) is 0.357. The fourth-order valence-electron chi connectivity index (χ4n) is 1.64. The molecule has 0 spiro atoms. The van der Waals surface area contributed by atoms with Crippen molar-refractivity contribution in [3.63, 3.8) is 0 Å². The molecule has 19 heavy (non-hydrogen) atoms. The predicted molar refractivity (Wildman–Crippen MR) is 80.1 cm³/mol. The van der Waals surface area contributed by atoms with Crippen molar-refractivity contribution in [2.75, 3.05) is 13.2 Å². The van der Waals surface area contributed by atoms with E-state index in [2.05, 4.69) is 28.7 Å².